The molecule has 17 heavy (non-hydrogen) atoms. The van der Waals surface area contributed by atoms with Gasteiger partial charge in [0.15, 0.2) is 0 Å². The molecule has 96 valence electrons. The Labute approximate surface area is 105 Å². The van der Waals surface area contributed by atoms with E-state index in [1.54, 1.807) is 20.9 Å². The van der Waals surface area contributed by atoms with Gasteiger partial charge in [0.05, 0.1) is 6.61 Å². The van der Waals surface area contributed by atoms with Crippen molar-refractivity contribution in [3.8, 4) is 0 Å². The van der Waals surface area contributed by atoms with E-state index >= 15 is 0 Å². The largest absolute Gasteiger partial charge is 0.465 e. The zero-order valence-electron chi connectivity index (χ0n) is 10.2. The standard InChI is InChI=1S/C10H17N3O3S/c1-4-15-9(14)8(11-3)5-6-17-10-13-12-7(2)16-10/h8,11H,4-6H2,1-3H3. The summed E-state index contributed by atoms with van der Waals surface area (Å²) >= 11 is 1.43. The van der Waals surface area contributed by atoms with Gasteiger partial charge in [-0.3, -0.25) is 4.79 Å². The number of nitrogens with one attached hydrogen (secondary N) is 1. The number of ether oxygens (including phenoxy) is 1. The first-order valence-corrected chi connectivity index (χ1v) is 6.42. The van der Waals surface area contributed by atoms with Gasteiger partial charge in [-0.2, -0.15) is 0 Å². The van der Waals surface area contributed by atoms with Crippen molar-refractivity contribution >= 4 is 17.7 Å². The number of nitrogens with zero attached hydrogens (tertiary/aromatic N) is 2. The van der Waals surface area contributed by atoms with Gasteiger partial charge in [0.25, 0.3) is 5.22 Å². The number of rotatable bonds is 7. The van der Waals surface area contributed by atoms with E-state index in [1.807, 2.05) is 0 Å². The summed E-state index contributed by atoms with van der Waals surface area (Å²) in [7, 11) is 1.74. The molecular formula is C10H17N3O3S. The molecule has 0 radical (unpaired) electrons. The van der Waals surface area contributed by atoms with Crippen molar-refractivity contribution in [1.82, 2.24) is 15.5 Å². The third kappa shape index (κ3) is 4.74. The van der Waals surface area contributed by atoms with Crippen molar-refractivity contribution in [1.29, 1.82) is 0 Å². The summed E-state index contributed by atoms with van der Waals surface area (Å²) in [5.74, 6) is 1.03. The maximum absolute atomic E-state index is 11.5. The number of esters is 1. The zero-order chi connectivity index (χ0) is 12.7. The van der Waals surface area contributed by atoms with Crippen molar-refractivity contribution in [3.05, 3.63) is 5.89 Å². The van der Waals surface area contributed by atoms with Gasteiger partial charge in [0, 0.05) is 12.7 Å². The van der Waals surface area contributed by atoms with Gasteiger partial charge >= 0.3 is 5.97 Å². The number of aryl methyl sites for hydroxylation is 1. The molecule has 0 aromatic carbocycles. The minimum absolute atomic E-state index is 0.225. The highest BCUT2D eigenvalue weighted by Crippen LogP contribution is 2.17. The fraction of sp³-hybridized carbons (Fsp3) is 0.700. The molecule has 1 aromatic heterocycles. The fourth-order valence-corrected chi connectivity index (χ4v) is 2.03. The minimum atomic E-state index is -0.286. The van der Waals surface area contributed by atoms with Crippen LogP contribution in [-0.2, 0) is 9.53 Å². The summed E-state index contributed by atoms with van der Waals surface area (Å²) in [4.78, 5) is 11.5. The van der Waals surface area contributed by atoms with E-state index in [9.17, 15) is 4.79 Å². The molecule has 0 aliphatic carbocycles. The second kappa shape index (κ2) is 7.29. The van der Waals surface area contributed by atoms with Crippen molar-refractivity contribution in [2.45, 2.75) is 31.5 Å². The van der Waals surface area contributed by atoms with Crippen LogP contribution in [0.1, 0.15) is 19.2 Å². The second-order valence-electron chi connectivity index (χ2n) is 3.32. The summed E-state index contributed by atoms with van der Waals surface area (Å²) in [6.07, 6.45) is 0.654. The molecule has 0 aliphatic heterocycles. The molecule has 0 spiro atoms. The molecule has 0 amide bonds. The van der Waals surface area contributed by atoms with Crippen molar-refractivity contribution in [2.24, 2.45) is 0 Å². The Morgan fingerprint density at radius 3 is 2.88 bits per heavy atom. The molecule has 1 N–H and O–H groups in total. The second-order valence-corrected chi connectivity index (χ2v) is 4.36. The molecule has 6 nitrogen and oxygen atoms in total. The summed E-state index contributed by atoms with van der Waals surface area (Å²) in [6, 6.07) is -0.286. The Balaban J connectivity index is 2.30. The highest BCUT2D eigenvalue weighted by molar-refractivity contribution is 7.99. The number of carbonyl (C=O) groups is 1. The van der Waals surface area contributed by atoms with Gasteiger partial charge in [-0.25, -0.2) is 0 Å². The van der Waals surface area contributed by atoms with Crippen molar-refractivity contribution in [3.63, 3.8) is 0 Å². The van der Waals surface area contributed by atoms with Crippen LogP contribution in [-0.4, -0.2) is 41.6 Å². The van der Waals surface area contributed by atoms with Gasteiger partial charge in [-0.15, -0.1) is 10.2 Å². The molecule has 1 aromatic rings. The molecule has 0 bridgehead atoms. The fourth-order valence-electron chi connectivity index (χ4n) is 1.22. The highest BCUT2D eigenvalue weighted by Gasteiger charge is 2.17. The van der Waals surface area contributed by atoms with Crippen LogP contribution in [0.4, 0.5) is 0 Å². The number of hydrogen-bond acceptors (Lipinski definition) is 7. The van der Waals surface area contributed by atoms with Crippen LogP contribution in [0.25, 0.3) is 0 Å². The summed E-state index contributed by atoms with van der Waals surface area (Å²) in [5.41, 5.74) is 0. The average molecular weight is 259 g/mol. The first-order valence-electron chi connectivity index (χ1n) is 5.44. The quantitative estimate of drug-likeness (QED) is 0.578. The summed E-state index contributed by atoms with van der Waals surface area (Å²) in [5, 5.41) is 11.0. The third-order valence-corrected chi connectivity index (χ3v) is 2.91. The predicted molar refractivity (Wildman–Crippen MR) is 63.9 cm³/mol. The minimum Gasteiger partial charge on any atom is -0.465 e. The maximum atomic E-state index is 11.5. The Hall–Kier alpha value is -1.08. The SMILES string of the molecule is CCOC(=O)C(CCSc1nnc(C)o1)NC. The maximum Gasteiger partial charge on any atom is 0.323 e. The van der Waals surface area contributed by atoms with E-state index in [1.165, 1.54) is 11.8 Å². The topological polar surface area (TPSA) is 77.2 Å². The molecular weight excluding hydrogens is 242 g/mol. The van der Waals surface area contributed by atoms with Crippen molar-refractivity contribution in [2.75, 3.05) is 19.4 Å². The molecule has 1 unspecified atom stereocenters. The number of likely N-dealkylation sites (N-methyl/N-ethyl adjacent to an activating group) is 1. The molecule has 0 fully saturated rings. The van der Waals surface area contributed by atoms with Crippen LogP contribution in [0.15, 0.2) is 9.64 Å². The van der Waals surface area contributed by atoms with E-state index in [4.69, 9.17) is 9.15 Å². The monoisotopic (exact) mass is 259 g/mol. The van der Waals surface area contributed by atoms with Gasteiger partial charge < -0.3 is 14.5 Å². The van der Waals surface area contributed by atoms with E-state index in [0.29, 0.717) is 29.9 Å². The normalized spacial score (nSPS) is 12.4. The predicted octanol–water partition coefficient (Wildman–Crippen LogP) is 1.01. The molecule has 1 atom stereocenters. The highest BCUT2D eigenvalue weighted by atomic mass is 32.2. The van der Waals surface area contributed by atoms with Crippen LogP contribution < -0.4 is 5.32 Å². The van der Waals surface area contributed by atoms with Crippen LogP contribution in [0.5, 0.6) is 0 Å². The van der Waals surface area contributed by atoms with Gasteiger partial charge in [0.2, 0.25) is 5.89 Å². The van der Waals surface area contributed by atoms with Crippen LogP contribution in [0.3, 0.4) is 0 Å². The molecule has 1 heterocycles. The van der Waals surface area contributed by atoms with Gasteiger partial charge in [-0.1, -0.05) is 11.8 Å². The Morgan fingerprint density at radius 1 is 1.59 bits per heavy atom. The Bertz CT molecular complexity index is 356. The van der Waals surface area contributed by atoms with Crippen LogP contribution in [0.2, 0.25) is 0 Å². The van der Waals surface area contributed by atoms with Crippen LogP contribution in [0, 0.1) is 6.92 Å². The summed E-state index contributed by atoms with van der Waals surface area (Å²) < 4.78 is 10.2. The van der Waals surface area contributed by atoms with Crippen LogP contribution >= 0.6 is 11.8 Å². The van der Waals surface area contributed by atoms with E-state index in [2.05, 4.69) is 15.5 Å². The molecule has 0 aliphatic rings. The molecule has 7 heteroatoms. The Morgan fingerprint density at radius 2 is 2.35 bits per heavy atom. The summed E-state index contributed by atoms with van der Waals surface area (Å²) in [6.45, 7) is 3.93. The molecule has 0 saturated carbocycles. The van der Waals surface area contributed by atoms with Gasteiger partial charge in [-0.05, 0) is 20.4 Å². The average Bonchev–Trinajstić information content (AvgIpc) is 2.71. The number of carbonyl (C=O) groups excluding carboxylic acids is 1. The van der Waals surface area contributed by atoms with E-state index in [0.717, 1.165) is 0 Å². The third-order valence-electron chi connectivity index (χ3n) is 2.06. The first kappa shape index (κ1) is 14.0. The lowest BCUT2D eigenvalue weighted by Gasteiger charge is -2.13. The lowest BCUT2D eigenvalue weighted by atomic mass is 10.2. The molecule has 1 rings (SSSR count). The molecule has 0 saturated heterocycles. The zero-order valence-corrected chi connectivity index (χ0v) is 11.0. The first-order chi connectivity index (χ1) is 8.17. The van der Waals surface area contributed by atoms with Crippen molar-refractivity contribution < 1.29 is 13.9 Å². The number of aromatic nitrogens is 2. The van der Waals surface area contributed by atoms with Gasteiger partial charge in [0.1, 0.15) is 6.04 Å². The van der Waals surface area contributed by atoms with E-state index in [-0.39, 0.29) is 12.0 Å². The van der Waals surface area contributed by atoms with E-state index < -0.39 is 0 Å². The lowest BCUT2D eigenvalue weighted by molar-refractivity contribution is -0.145. The smallest absolute Gasteiger partial charge is 0.323 e. The number of hydrogen-bond donors (Lipinski definition) is 1. The number of thioether (sulfide) groups is 1. The lowest BCUT2D eigenvalue weighted by Crippen LogP contribution is -2.36. The Kier molecular flexibility index (Phi) is 5.99.